The lowest BCUT2D eigenvalue weighted by Crippen LogP contribution is -2.49. The second-order valence-corrected chi connectivity index (χ2v) is 7.30. The highest BCUT2D eigenvalue weighted by Crippen LogP contribution is 2.28. The monoisotopic (exact) mass is 424 g/mol. The molecule has 0 saturated heterocycles. The average Bonchev–Trinajstić information content (AvgIpc) is 2.99. The highest BCUT2D eigenvalue weighted by Gasteiger charge is 2.44. The maximum absolute atomic E-state index is 12.8. The minimum Gasteiger partial charge on any atom is -0.492 e. The molecule has 2 aromatic carbocycles. The minimum atomic E-state index is -1.14. The third-order valence-corrected chi connectivity index (χ3v) is 4.78. The summed E-state index contributed by atoms with van der Waals surface area (Å²) in [6.45, 7) is 5.09. The number of hydrogen-bond donors (Lipinski definition) is 1. The highest BCUT2D eigenvalue weighted by molar-refractivity contribution is 6.22. The van der Waals surface area contributed by atoms with Gasteiger partial charge in [0, 0.05) is 0 Å². The Kier molecular flexibility index (Phi) is 6.69. The van der Waals surface area contributed by atoms with E-state index in [1.807, 2.05) is 6.92 Å². The van der Waals surface area contributed by atoms with E-state index >= 15 is 0 Å². The Hall–Kier alpha value is -3.68. The molecule has 8 nitrogen and oxygen atoms in total. The number of ether oxygens (including phenoxy) is 2. The predicted molar refractivity (Wildman–Crippen MR) is 113 cm³/mol. The quantitative estimate of drug-likeness (QED) is 0.516. The predicted octanol–water partition coefficient (Wildman–Crippen LogP) is 2.89. The van der Waals surface area contributed by atoms with E-state index in [-0.39, 0.29) is 11.1 Å². The van der Waals surface area contributed by atoms with Crippen LogP contribution in [-0.2, 0) is 14.3 Å². The third-order valence-electron chi connectivity index (χ3n) is 4.78. The van der Waals surface area contributed by atoms with Crippen molar-refractivity contribution in [3.63, 3.8) is 0 Å². The molecule has 0 radical (unpaired) electrons. The van der Waals surface area contributed by atoms with Crippen LogP contribution >= 0.6 is 0 Å². The first-order valence-electron chi connectivity index (χ1n) is 10.00. The van der Waals surface area contributed by atoms with E-state index in [2.05, 4.69) is 5.32 Å². The Labute approximate surface area is 180 Å². The molecule has 1 aliphatic heterocycles. The molecule has 0 spiro atoms. The second kappa shape index (κ2) is 9.42. The molecule has 0 unspecified atom stereocenters. The normalized spacial score (nSPS) is 13.7. The van der Waals surface area contributed by atoms with Crippen molar-refractivity contribution in [2.45, 2.75) is 26.8 Å². The standard InChI is InChI=1S/C23H24N2O6/c1-4-30-18-12-8-7-11-17(18)24-19(26)13-31-23(29)20(14(2)3)25-21(27)15-9-5-6-10-16(15)22(25)28/h5-12,14,20H,4,13H2,1-3H3,(H,24,26)/t20-/m0/s1. The number of benzene rings is 2. The fourth-order valence-electron chi connectivity index (χ4n) is 3.40. The van der Waals surface area contributed by atoms with Gasteiger partial charge in [0.25, 0.3) is 17.7 Å². The fraction of sp³-hybridized carbons (Fsp3) is 0.304. The molecular formula is C23H24N2O6. The van der Waals surface area contributed by atoms with Crippen molar-refractivity contribution in [3.8, 4) is 5.75 Å². The summed E-state index contributed by atoms with van der Waals surface area (Å²) in [6, 6.07) is 12.1. The van der Waals surface area contributed by atoms with Crippen molar-refractivity contribution in [1.82, 2.24) is 4.90 Å². The maximum atomic E-state index is 12.8. The van der Waals surface area contributed by atoms with Crippen LogP contribution in [0.15, 0.2) is 48.5 Å². The zero-order valence-electron chi connectivity index (χ0n) is 17.6. The van der Waals surface area contributed by atoms with Crippen LogP contribution < -0.4 is 10.1 Å². The molecule has 0 fully saturated rings. The van der Waals surface area contributed by atoms with Gasteiger partial charge in [-0.1, -0.05) is 38.1 Å². The summed E-state index contributed by atoms with van der Waals surface area (Å²) >= 11 is 0. The van der Waals surface area contributed by atoms with Gasteiger partial charge in [-0.2, -0.15) is 0 Å². The number of nitrogens with one attached hydrogen (secondary N) is 1. The van der Waals surface area contributed by atoms with Crippen LogP contribution in [0.4, 0.5) is 5.69 Å². The maximum Gasteiger partial charge on any atom is 0.330 e. The van der Waals surface area contributed by atoms with Crippen LogP contribution in [-0.4, -0.2) is 47.8 Å². The Bertz CT molecular complexity index is 982. The molecule has 0 aliphatic carbocycles. The van der Waals surface area contributed by atoms with Gasteiger partial charge in [-0.25, -0.2) is 4.79 Å². The minimum absolute atomic E-state index is 0.247. The molecule has 1 heterocycles. The van der Waals surface area contributed by atoms with E-state index in [9.17, 15) is 19.2 Å². The topological polar surface area (TPSA) is 102 Å². The number of rotatable bonds is 8. The molecule has 1 aliphatic rings. The first kappa shape index (κ1) is 22.0. The van der Waals surface area contributed by atoms with Crippen LogP contribution in [0.1, 0.15) is 41.5 Å². The van der Waals surface area contributed by atoms with Gasteiger partial charge in [-0.15, -0.1) is 0 Å². The van der Waals surface area contributed by atoms with Crippen molar-refractivity contribution in [2.75, 3.05) is 18.5 Å². The van der Waals surface area contributed by atoms with E-state index < -0.39 is 42.3 Å². The SMILES string of the molecule is CCOc1ccccc1NC(=O)COC(=O)[C@H](C(C)C)N1C(=O)c2ccccc2C1=O. The summed E-state index contributed by atoms with van der Waals surface area (Å²) in [6.07, 6.45) is 0. The Morgan fingerprint density at radius 1 is 0.968 bits per heavy atom. The van der Waals surface area contributed by atoms with Crippen molar-refractivity contribution in [3.05, 3.63) is 59.7 Å². The highest BCUT2D eigenvalue weighted by atomic mass is 16.5. The summed E-state index contributed by atoms with van der Waals surface area (Å²) in [5.74, 6) is -2.40. The van der Waals surface area contributed by atoms with E-state index in [4.69, 9.17) is 9.47 Å². The lowest BCUT2D eigenvalue weighted by molar-refractivity contribution is -0.152. The van der Waals surface area contributed by atoms with Crippen molar-refractivity contribution in [2.24, 2.45) is 5.92 Å². The fourth-order valence-corrected chi connectivity index (χ4v) is 3.40. The molecule has 1 atom stereocenters. The van der Waals surface area contributed by atoms with Crippen LogP contribution in [0.2, 0.25) is 0 Å². The number of amides is 3. The second-order valence-electron chi connectivity index (χ2n) is 7.30. The number of para-hydroxylation sites is 2. The zero-order chi connectivity index (χ0) is 22.5. The Morgan fingerprint density at radius 2 is 1.55 bits per heavy atom. The zero-order valence-corrected chi connectivity index (χ0v) is 17.6. The third kappa shape index (κ3) is 4.58. The van der Waals surface area contributed by atoms with Gasteiger partial charge < -0.3 is 14.8 Å². The number of nitrogens with zero attached hydrogens (tertiary/aromatic N) is 1. The Balaban J connectivity index is 1.68. The number of anilines is 1. The number of hydrogen-bond acceptors (Lipinski definition) is 6. The largest absolute Gasteiger partial charge is 0.492 e. The smallest absolute Gasteiger partial charge is 0.330 e. The number of imide groups is 1. The van der Waals surface area contributed by atoms with Gasteiger partial charge in [0.05, 0.1) is 23.4 Å². The molecule has 162 valence electrons. The molecule has 31 heavy (non-hydrogen) atoms. The van der Waals surface area contributed by atoms with Gasteiger partial charge >= 0.3 is 5.97 Å². The molecule has 0 saturated carbocycles. The molecule has 1 N–H and O–H groups in total. The van der Waals surface area contributed by atoms with E-state index in [1.54, 1.807) is 62.4 Å². The van der Waals surface area contributed by atoms with Crippen LogP contribution in [0.25, 0.3) is 0 Å². The van der Waals surface area contributed by atoms with Crippen LogP contribution in [0.3, 0.4) is 0 Å². The molecule has 2 aromatic rings. The molecular weight excluding hydrogens is 400 g/mol. The molecule has 8 heteroatoms. The average molecular weight is 424 g/mol. The summed E-state index contributed by atoms with van der Waals surface area (Å²) in [4.78, 5) is 51.5. The number of esters is 1. The van der Waals surface area contributed by atoms with Gasteiger partial charge in [-0.05, 0) is 37.1 Å². The Morgan fingerprint density at radius 3 is 2.13 bits per heavy atom. The van der Waals surface area contributed by atoms with Gasteiger partial charge in [0.1, 0.15) is 11.8 Å². The van der Waals surface area contributed by atoms with Gasteiger partial charge in [-0.3, -0.25) is 19.3 Å². The first-order chi connectivity index (χ1) is 14.8. The summed E-state index contributed by atoms with van der Waals surface area (Å²) in [5.41, 5.74) is 0.943. The lowest BCUT2D eigenvalue weighted by Gasteiger charge is -2.27. The van der Waals surface area contributed by atoms with Crippen LogP contribution in [0.5, 0.6) is 5.75 Å². The number of carbonyl (C=O) groups is 4. The first-order valence-corrected chi connectivity index (χ1v) is 10.00. The molecule has 3 rings (SSSR count). The molecule has 0 aromatic heterocycles. The van der Waals surface area contributed by atoms with Crippen LogP contribution in [0, 0.1) is 5.92 Å². The number of carbonyl (C=O) groups excluding carboxylic acids is 4. The van der Waals surface area contributed by atoms with Gasteiger partial charge in [0.15, 0.2) is 6.61 Å². The molecule has 0 bridgehead atoms. The summed E-state index contributed by atoms with van der Waals surface area (Å²) < 4.78 is 10.6. The number of fused-ring (bicyclic) bond motifs is 1. The molecule has 3 amide bonds. The van der Waals surface area contributed by atoms with Gasteiger partial charge in [0.2, 0.25) is 0 Å². The van der Waals surface area contributed by atoms with E-state index in [0.717, 1.165) is 4.90 Å². The lowest BCUT2D eigenvalue weighted by atomic mass is 10.0. The summed E-state index contributed by atoms with van der Waals surface area (Å²) in [5, 5.41) is 2.63. The van der Waals surface area contributed by atoms with E-state index in [0.29, 0.717) is 18.0 Å². The van der Waals surface area contributed by atoms with Crippen molar-refractivity contribution < 1.29 is 28.7 Å². The summed E-state index contributed by atoms with van der Waals surface area (Å²) in [7, 11) is 0. The van der Waals surface area contributed by atoms with E-state index in [1.165, 1.54) is 0 Å². The van der Waals surface area contributed by atoms with Crippen molar-refractivity contribution in [1.29, 1.82) is 0 Å². The van der Waals surface area contributed by atoms with Crippen molar-refractivity contribution >= 4 is 29.4 Å².